The van der Waals surface area contributed by atoms with E-state index in [2.05, 4.69) is 87.6 Å². The quantitative estimate of drug-likeness (QED) is 0.0833. The molecule has 0 amide bonds. The van der Waals surface area contributed by atoms with Gasteiger partial charge in [-0.25, -0.2) is 0 Å². The van der Waals surface area contributed by atoms with Gasteiger partial charge in [0.25, 0.3) is 10.1 Å². The molecule has 0 atom stereocenters. The molecule has 51 heavy (non-hydrogen) atoms. The monoisotopic (exact) mass is 818 g/mol. The fraction of sp³-hybridized carbons (Fsp3) is 0.455. The molecule has 278 valence electrons. The van der Waals surface area contributed by atoms with Crippen LogP contribution in [0.15, 0.2) is 91.0 Å². The fourth-order valence-corrected chi connectivity index (χ4v) is 12.3. The minimum absolute atomic E-state index is 0. The van der Waals surface area contributed by atoms with Crippen molar-refractivity contribution in [1.82, 2.24) is 0 Å². The minimum atomic E-state index is -3.67. The Bertz CT molecular complexity index is 1660. The van der Waals surface area contributed by atoms with E-state index in [1.807, 2.05) is 49.5 Å². The smallest absolute Gasteiger partial charge is 0.694 e. The Hall–Kier alpha value is -2.32. The molecule has 2 aliphatic rings. The van der Waals surface area contributed by atoms with Crippen LogP contribution >= 0.6 is 7.92 Å². The summed E-state index contributed by atoms with van der Waals surface area (Å²) in [5, 5.41) is 6.01. The molecule has 0 bridgehead atoms. The van der Waals surface area contributed by atoms with Crippen molar-refractivity contribution in [3.05, 3.63) is 114 Å². The van der Waals surface area contributed by atoms with E-state index in [-0.39, 0.29) is 20.4 Å². The van der Waals surface area contributed by atoms with Crippen LogP contribution in [0.1, 0.15) is 115 Å². The zero-order valence-corrected chi connectivity index (χ0v) is 34.8. The Morgan fingerprint density at radius 3 is 1.63 bits per heavy atom. The van der Waals surface area contributed by atoms with Crippen LogP contribution in [-0.2, 0) is 30.5 Å². The molecule has 1 N–H and O–H groups in total. The molecular weight excluding hydrogens is 760 g/mol. The molecule has 6 rings (SSSR count). The molecule has 4 aromatic carbocycles. The zero-order chi connectivity index (χ0) is 36.1. The second-order valence-electron chi connectivity index (χ2n) is 14.5. The summed E-state index contributed by atoms with van der Waals surface area (Å²) in [5.41, 5.74) is 11.5. The van der Waals surface area contributed by atoms with Crippen molar-refractivity contribution in [2.75, 3.05) is 13.3 Å². The maximum Gasteiger partial charge on any atom is 2.00 e. The molecule has 0 heterocycles. The minimum Gasteiger partial charge on any atom is -0.694 e. The Morgan fingerprint density at radius 2 is 1.16 bits per heavy atom. The van der Waals surface area contributed by atoms with Crippen molar-refractivity contribution in [3.8, 4) is 22.3 Å². The summed E-state index contributed by atoms with van der Waals surface area (Å²) in [6.45, 7) is 9.50. The van der Waals surface area contributed by atoms with Crippen molar-refractivity contribution in [1.29, 1.82) is 0 Å². The van der Waals surface area contributed by atoms with Crippen LogP contribution in [0.4, 0.5) is 5.69 Å². The SMILES string of the molecule is CC(C)c1cccc(C(C)C)c1-c1ccccc1[PH+](C1CCCCC1)C1CCCCC1.CS(=O)(=O)O.C[N-]c1ccccc1-c1[c-]cccc1.[Pd+2]. The summed E-state index contributed by atoms with van der Waals surface area (Å²) in [7, 11) is -2.44. The Balaban J connectivity index is 0.000000290. The molecule has 2 fully saturated rings. The summed E-state index contributed by atoms with van der Waals surface area (Å²) in [6.07, 6.45) is 15.5. The first-order chi connectivity index (χ1) is 24.0. The molecule has 0 unspecified atom stereocenters. The maximum absolute atomic E-state index is 9.19. The van der Waals surface area contributed by atoms with Crippen LogP contribution in [0.2, 0.25) is 0 Å². The number of para-hydroxylation sites is 1. The van der Waals surface area contributed by atoms with Gasteiger partial charge in [-0.1, -0.05) is 101 Å². The van der Waals surface area contributed by atoms with Crippen molar-refractivity contribution >= 4 is 29.0 Å². The van der Waals surface area contributed by atoms with Gasteiger partial charge in [0.05, 0.1) is 22.9 Å². The average Bonchev–Trinajstić information content (AvgIpc) is 3.12. The van der Waals surface area contributed by atoms with Gasteiger partial charge in [-0.05, 0) is 86.0 Å². The van der Waals surface area contributed by atoms with Gasteiger partial charge in [-0.2, -0.15) is 14.1 Å². The van der Waals surface area contributed by atoms with E-state index in [0.29, 0.717) is 18.1 Å². The van der Waals surface area contributed by atoms with Crippen molar-refractivity contribution in [2.45, 2.75) is 115 Å². The Labute approximate surface area is 324 Å². The fourth-order valence-electron chi connectivity index (χ4n) is 7.87. The van der Waals surface area contributed by atoms with E-state index in [0.717, 1.165) is 28.1 Å². The molecule has 7 heteroatoms. The first-order valence-corrected chi connectivity index (χ1v) is 22.2. The van der Waals surface area contributed by atoms with Gasteiger partial charge in [-0.15, -0.1) is 48.5 Å². The van der Waals surface area contributed by atoms with Crippen molar-refractivity contribution < 1.29 is 33.4 Å². The van der Waals surface area contributed by atoms with Gasteiger partial charge in [0, 0.05) is 13.5 Å². The van der Waals surface area contributed by atoms with E-state index in [4.69, 9.17) is 4.55 Å². The molecule has 0 radical (unpaired) electrons. The summed E-state index contributed by atoms with van der Waals surface area (Å²) in [5.74, 6) is 1.11. The van der Waals surface area contributed by atoms with E-state index in [1.54, 1.807) is 27.6 Å². The van der Waals surface area contributed by atoms with Gasteiger partial charge in [-0.3, -0.25) is 4.55 Å². The average molecular weight is 819 g/mol. The van der Waals surface area contributed by atoms with Crippen LogP contribution in [0.25, 0.3) is 27.6 Å². The molecular formula is C44H59NO3PPdS+. The Morgan fingerprint density at radius 1 is 0.686 bits per heavy atom. The third kappa shape index (κ3) is 12.9. The van der Waals surface area contributed by atoms with Gasteiger partial charge >= 0.3 is 20.4 Å². The molecule has 4 nitrogen and oxygen atoms in total. The van der Waals surface area contributed by atoms with Crippen molar-refractivity contribution in [3.63, 3.8) is 0 Å². The van der Waals surface area contributed by atoms with Crippen LogP contribution in [0, 0.1) is 6.07 Å². The van der Waals surface area contributed by atoms with E-state index in [9.17, 15) is 8.42 Å². The number of rotatable bonds is 8. The normalized spacial score (nSPS) is 15.3. The topological polar surface area (TPSA) is 68.5 Å². The number of benzene rings is 4. The predicted octanol–water partition coefficient (Wildman–Crippen LogP) is 12.4. The largest absolute Gasteiger partial charge is 2.00 e. The van der Waals surface area contributed by atoms with Gasteiger partial charge in [0.1, 0.15) is 0 Å². The third-order valence-corrected chi connectivity index (χ3v) is 14.1. The van der Waals surface area contributed by atoms with Crippen LogP contribution in [0.5, 0.6) is 0 Å². The van der Waals surface area contributed by atoms with Crippen LogP contribution in [0.3, 0.4) is 0 Å². The molecule has 4 aromatic rings. The third-order valence-electron chi connectivity index (χ3n) is 10.1. The molecule has 0 saturated heterocycles. The van der Waals surface area contributed by atoms with Gasteiger partial charge in [0.2, 0.25) is 0 Å². The number of hydrogen-bond acceptors (Lipinski definition) is 2. The molecule has 0 aliphatic heterocycles. The van der Waals surface area contributed by atoms with Crippen LogP contribution in [-0.4, -0.2) is 37.6 Å². The first-order valence-electron chi connectivity index (χ1n) is 18.7. The molecule has 2 saturated carbocycles. The number of hydrogen-bond donors (Lipinski definition) is 1. The van der Waals surface area contributed by atoms with E-state index < -0.39 is 18.0 Å². The van der Waals surface area contributed by atoms with E-state index >= 15 is 0 Å². The molecule has 2 aliphatic carbocycles. The summed E-state index contributed by atoms with van der Waals surface area (Å²) >= 11 is 0. The van der Waals surface area contributed by atoms with Gasteiger partial charge in [0.15, 0.2) is 0 Å². The van der Waals surface area contributed by atoms with E-state index in [1.165, 1.54) is 64.2 Å². The standard InChI is InChI=1S/C30H43P.C13H11N.CH4O3S.Pd/c1-22(2)26-19-13-20-27(23(3)4)30(26)28-18-11-12-21-29(28)31(24-14-7-5-8-15-24)25-16-9-6-10-17-25;1-14-13-10-6-5-9-12(13)11-7-3-2-4-8-11;1-5(2,3)4;/h11-13,18-25H,5-10,14-17H2,1-4H3;2-7,9-10H,1H3;1H3,(H,2,3,4);/q;-2;;+2/p+1. The summed E-state index contributed by atoms with van der Waals surface area (Å²) in [6, 6.07) is 36.0. The second kappa shape index (κ2) is 21.4. The summed E-state index contributed by atoms with van der Waals surface area (Å²) < 4.78 is 25.9. The molecule has 0 spiro atoms. The molecule has 0 aromatic heterocycles. The van der Waals surface area contributed by atoms with Crippen LogP contribution < -0.4 is 5.30 Å². The Kier molecular flexibility index (Phi) is 18.1. The maximum atomic E-state index is 9.19. The first kappa shape index (κ1) is 43.1. The predicted molar refractivity (Wildman–Crippen MR) is 219 cm³/mol. The number of nitrogens with zero attached hydrogens (tertiary/aromatic N) is 1. The summed E-state index contributed by atoms with van der Waals surface area (Å²) in [4.78, 5) is 0. The van der Waals surface area contributed by atoms with Gasteiger partial charge < -0.3 is 5.32 Å². The second-order valence-corrected chi connectivity index (χ2v) is 19.1. The van der Waals surface area contributed by atoms with Crippen molar-refractivity contribution in [2.24, 2.45) is 0 Å². The zero-order valence-electron chi connectivity index (χ0n) is 31.5.